The van der Waals surface area contributed by atoms with Gasteiger partial charge < -0.3 is 5.32 Å². The van der Waals surface area contributed by atoms with Crippen LogP contribution >= 0.6 is 34.7 Å². The highest BCUT2D eigenvalue weighted by molar-refractivity contribution is 7.99. The van der Waals surface area contributed by atoms with Gasteiger partial charge in [-0.1, -0.05) is 23.4 Å². The van der Waals surface area contributed by atoms with E-state index in [1.807, 2.05) is 20.8 Å². The molecule has 0 unspecified atom stereocenters. The molecule has 0 aliphatic carbocycles. The number of halogens is 1. The summed E-state index contributed by atoms with van der Waals surface area (Å²) in [4.78, 5) is 31.4. The van der Waals surface area contributed by atoms with Gasteiger partial charge in [-0.25, -0.2) is 4.98 Å². The largest absolute Gasteiger partial charge is 0.325 e. The molecule has 0 bridgehead atoms. The average Bonchev–Trinajstić information content (AvgIpc) is 2.89. The van der Waals surface area contributed by atoms with Gasteiger partial charge >= 0.3 is 0 Å². The molecule has 3 aromatic rings. The van der Waals surface area contributed by atoms with E-state index in [0.29, 0.717) is 27.8 Å². The highest BCUT2D eigenvalue weighted by Gasteiger charge is 2.16. The summed E-state index contributed by atoms with van der Waals surface area (Å²) in [5, 5.41) is 4.68. The van der Waals surface area contributed by atoms with E-state index in [1.165, 1.54) is 23.1 Å². The number of anilines is 1. The maximum Gasteiger partial charge on any atom is 0.263 e. The van der Waals surface area contributed by atoms with Crippen LogP contribution in [0.25, 0.3) is 10.2 Å². The van der Waals surface area contributed by atoms with Crippen molar-refractivity contribution in [1.29, 1.82) is 0 Å². The van der Waals surface area contributed by atoms with E-state index in [2.05, 4.69) is 10.3 Å². The van der Waals surface area contributed by atoms with Crippen molar-refractivity contribution in [2.75, 3.05) is 11.1 Å². The minimum atomic E-state index is -0.159. The van der Waals surface area contributed by atoms with E-state index in [4.69, 9.17) is 11.6 Å². The number of aryl methyl sites for hydroxylation is 2. The van der Waals surface area contributed by atoms with Crippen LogP contribution in [-0.4, -0.2) is 21.2 Å². The molecular weight excluding hydrogens is 390 g/mol. The lowest BCUT2D eigenvalue weighted by atomic mass is 10.2. The molecule has 2 aromatic heterocycles. The number of thioether (sulfide) groups is 1. The first kappa shape index (κ1) is 18.9. The van der Waals surface area contributed by atoms with Crippen LogP contribution in [-0.2, 0) is 11.3 Å². The molecule has 0 aliphatic heterocycles. The van der Waals surface area contributed by atoms with Crippen molar-refractivity contribution in [1.82, 2.24) is 9.55 Å². The molecule has 0 saturated carbocycles. The van der Waals surface area contributed by atoms with Crippen LogP contribution in [0.4, 0.5) is 5.69 Å². The van der Waals surface area contributed by atoms with Gasteiger partial charge in [0, 0.05) is 22.1 Å². The molecule has 0 fully saturated rings. The van der Waals surface area contributed by atoms with Gasteiger partial charge in [0.2, 0.25) is 5.91 Å². The predicted octanol–water partition coefficient (Wildman–Crippen LogP) is 4.48. The van der Waals surface area contributed by atoms with E-state index in [-0.39, 0.29) is 17.2 Å². The molecule has 0 aliphatic rings. The van der Waals surface area contributed by atoms with Crippen LogP contribution < -0.4 is 10.9 Å². The summed E-state index contributed by atoms with van der Waals surface area (Å²) in [6.07, 6.45) is 0. The third-order valence-corrected chi connectivity index (χ3v) is 6.36. The SMILES string of the molecule is CCn1c(SCC(=O)Nc2ccc(Cl)cc2)nc2sc(C)c(C)c2c1=O. The molecule has 2 heterocycles. The van der Waals surface area contributed by atoms with Crippen molar-refractivity contribution in [2.45, 2.75) is 32.5 Å². The fraction of sp³-hybridized carbons (Fsp3) is 0.278. The van der Waals surface area contributed by atoms with Crippen molar-refractivity contribution >= 4 is 56.5 Å². The lowest BCUT2D eigenvalue weighted by molar-refractivity contribution is -0.113. The summed E-state index contributed by atoms with van der Waals surface area (Å²) in [5.41, 5.74) is 1.63. The smallest absolute Gasteiger partial charge is 0.263 e. The second kappa shape index (κ2) is 7.82. The van der Waals surface area contributed by atoms with Gasteiger partial charge in [-0.3, -0.25) is 14.2 Å². The van der Waals surface area contributed by atoms with Crippen LogP contribution in [0.2, 0.25) is 5.02 Å². The lowest BCUT2D eigenvalue weighted by Gasteiger charge is -2.10. The van der Waals surface area contributed by atoms with E-state index >= 15 is 0 Å². The Hall–Kier alpha value is -1.83. The fourth-order valence-corrected chi connectivity index (χ4v) is 4.62. The molecule has 1 amide bonds. The highest BCUT2D eigenvalue weighted by Crippen LogP contribution is 2.28. The zero-order chi connectivity index (χ0) is 18.8. The number of thiophene rings is 1. The third kappa shape index (κ3) is 3.79. The Kier molecular flexibility index (Phi) is 5.70. The van der Waals surface area contributed by atoms with Crippen molar-refractivity contribution in [3.05, 3.63) is 50.1 Å². The van der Waals surface area contributed by atoms with Gasteiger partial charge in [-0.05, 0) is 50.6 Å². The van der Waals surface area contributed by atoms with E-state index in [0.717, 1.165) is 15.3 Å². The molecule has 0 radical (unpaired) electrons. The van der Waals surface area contributed by atoms with E-state index < -0.39 is 0 Å². The van der Waals surface area contributed by atoms with Crippen molar-refractivity contribution in [3.63, 3.8) is 0 Å². The number of amides is 1. The number of rotatable bonds is 5. The van der Waals surface area contributed by atoms with Gasteiger partial charge in [-0.15, -0.1) is 11.3 Å². The Labute approximate surface area is 164 Å². The fourth-order valence-electron chi connectivity index (χ4n) is 2.56. The summed E-state index contributed by atoms with van der Waals surface area (Å²) in [6.45, 7) is 6.35. The maximum absolute atomic E-state index is 12.8. The van der Waals surface area contributed by atoms with Crippen LogP contribution in [0, 0.1) is 13.8 Å². The Morgan fingerprint density at radius 1 is 1.31 bits per heavy atom. The Morgan fingerprint density at radius 3 is 2.65 bits per heavy atom. The van der Waals surface area contributed by atoms with Crippen molar-refractivity contribution in [2.24, 2.45) is 0 Å². The number of fused-ring (bicyclic) bond motifs is 1. The quantitative estimate of drug-likeness (QED) is 0.500. The lowest BCUT2D eigenvalue weighted by Crippen LogP contribution is -2.23. The normalized spacial score (nSPS) is 11.1. The Bertz CT molecular complexity index is 1030. The molecule has 26 heavy (non-hydrogen) atoms. The van der Waals surface area contributed by atoms with Crippen LogP contribution in [0.1, 0.15) is 17.4 Å². The number of benzene rings is 1. The van der Waals surface area contributed by atoms with Crippen LogP contribution in [0.3, 0.4) is 0 Å². The van der Waals surface area contributed by atoms with Gasteiger partial charge in [0.1, 0.15) is 4.83 Å². The molecule has 136 valence electrons. The molecule has 0 spiro atoms. The predicted molar refractivity (Wildman–Crippen MR) is 110 cm³/mol. The first-order valence-corrected chi connectivity index (χ1v) is 10.3. The number of aromatic nitrogens is 2. The topological polar surface area (TPSA) is 64.0 Å². The number of hydrogen-bond acceptors (Lipinski definition) is 5. The summed E-state index contributed by atoms with van der Waals surface area (Å²) >= 11 is 8.62. The summed E-state index contributed by atoms with van der Waals surface area (Å²) in [5.74, 6) is 0.0112. The molecule has 0 atom stereocenters. The van der Waals surface area contributed by atoms with Gasteiger partial charge in [-0.2, -0.15) is 0 Å². The monoisotopic (exact) mass is 407 g/mol. The summed E-state index contributed by atoms with van der Waals surface area (Å²) in [7, 11) is 0. The summed E-state index contributed by atoms with van der Waals surface area (Å²) in [6, 6.07) is 6.93. The third-order valence-electron chi connectivity index (χ3n) is 4.03. The van der Waals surface area contributed by atoms with Gasteiger partial charge in [0.15, 0.2) is 5.16 Å². The highest BCUT2D eigenvalue weighted by atomic mass is 35.5. The van der Waals surface area contributed by atoms with Crippen molar-refractivity contribution < 1.29 is 4.79 Å². The second-order valence-corrected chi connectivity index (χ2v) is 8.33. The van der Waals surface area contributed by atoms with Gasteiger partial charge in [0.25, 0.3) is 5.56 Å². The molecule has 3 rings (SSSR count). The average molecular weight is 408 g/mol. The van der Waals surface area contributed by atoms with Crippen LogP contribution in [0.15, 0.2) is 34.2 Å². The van der Waals surface area contributed by atoms with Crippen LogP contribution in [0.5, 0.6) is 0 Å². The first-order valence-electron chi connectivity index (χ1n) is 8.09. The molecule has 1 aromatic carbocycles. The molecule has 8 heteroatoms. The number of nitrogens with one attached hydrogen (secondary N) is 1. The number of nitrogens with zero attached hydrogens (tertiary/aromatic N) is 2. The number of carbonyl (C=O) groups is 1. The summed E-state index contributed by atoms with van der Waals surface area (Å²) < 4.78 is 1.63. The zero-order valence-electron chi connectivity index (χ0n) is 14.6. The molecule has 1 N–H and O–H groups in total. The molecular formula is C18H18ClN3O2S2. The Morgan fingerprint density at radius 2 is 2.00 bits per heavy atom. The molecule has 5 nitrogen and oxygen atoms in total. The second-order valence-electron chi connectivity index (χ2n) is 5.75. The maximum atomic E-state index is 12.8. The van der Waals surface area contributed by atoms with E-state index in [1.54, 1.807) is 28.8 Å². The Balaban J connectivity index is 1.81. The zero-order valence-corrected chi connectivity index (χ0v) is 17.0. The minimum Gasteiger partial charge on any atom is -0.325 e. The minimum absolute atomic E-state index is 0.0417. The van der Waals surface area contributed by atoms with Crippen molar-refractivity contribution in [3.8, 4) is 0 Å². The van der Waals surface area contributed by atoms with Gasteiger partial charge in [0.05, 0.1) is 11.1 Å². The number of carbonyl (C=O) groups excluding carboxylic acids is 1. The standard InChI is InChI=1S/C18H18ClN3O2S2/c1-4-22-17(24)15-10(2)11(3)26-16(15)21-18(22)25-9-14(23)20-13-7-5-12(19)6-8-13/h5-8H,4,9H2,1-3H3,(H,20,23). The first-order chi connectivity index (χ1) is 12.4. The van der Waals surface area contributed by atoms with E-state index in [9.17, 15) is 9.59 Å². The molecule has 0 saturated heterocycles. The number of hydrogen-bond donors (Lipinski definition) is 1.